The fraction of sp³-hybridized carbons (Fsp3) is 0.560. The number of ether oxygens (including phenoxy) is 1. The van der Waals surface area contributed by atoms with E-state index in [2.05, 4.69) is 20.2 Å². The first-order valence-electron chi connectivity index (χ1n) is 12.6. The average Bonchev–Trinajstić information content (AvgIpc) is 3.40. The van der Waals surface area contributed by atoms with E-state index in [-0.39, 0.29) is 36.3 Å². The minimum Gasteiger partial charge on any atom is -0.466 e. The van der Waals surface area contributed by atoms with Crippen molar-refractivity contribution in [2.45, 2.75) is 45.1 Å². The molecule has 10 nitrogen and oxygen atoms in total. The van der Waals surface area contributed by atoms with Crippen molar-refractivity contribution in [2.24, 2.45) is 0 Å². The molecule has 4 rings (SSSR count). The topological polar surface area (TPSA) is 108 Å². The Hall–Kier alpha value is -3.21. The van der Waals surface area contributed by atoms with Crippen LogP contribution < -0.4 is 10.2 Å². The van der Waals surface area contributed by atoms with E-state index >= 15 is 0 Å². The molecule has 0 aliphatic carbocycles. The van der Waals surface area contributed by atoms with Crippen LogP contribution in [-0.2, 0) is 9.53 Å². The van der Waals surface area contributed by atoms with E-state index in [1.807, 2.05) is 28.0 Å². The highest BCUT2D eigenvalue weighted by molar-refractivity contribution is 7.09. The maximum atomic E-state index is 13.1. The summed E-state index contributed by atoms with van der Waals surface area (Å²) in [4.78, 5) is 52.3. The second-order valence-electron chi connectivity index (χ2n) is 9.16. The Kier molecular flexibility index (Phi) is 8.74. The largest absolute Gasteiger partial charge is 0.466 e. The standard InChI is InChI=1S/C25H34N6O4S/c1-3-35-22(32)16-18(2)27-23(33)20-17-36-24(28-20)19-7-10-30(11-8-19)25(34)31-14-12-29(13-15-31)21-6-4-5-9-26-21/h4-6,9,17-19H,3,7-8,10-16H2,1-2H3,(H,27,33). The van der Waals surface area contributed by atoms with Crippen molar-refractivity contribution in [2.75, 3.05) is 50.8 Å². The third-order valence-electron chi connectivity index (χ3n) is 6.55. The van der Waals surface area contributed by atoms with Crippen molar-refractivity contribution in [1.29, 1.82) is 0 Å². The van der Waals surface area contributed by atoms with Gasteiger partial charge in [-0.15, -0.1) is 11.3 Å². The Labute approximate surface area is 215 Å². The highest BCUT2D eigenvalue weighted by atomic mass is 32.1. The van der Waals surface area contributed by atoms with Crippen molar-refractivity contribution < 1.29 is 19.1 Å². The molecule has 2 aromatic heterocycles. The SMILES string of the molecule is CCOC(=O)CC(C)NC(=O)c1csc(C2CCN(C(=O)N3CCN(c4ccccn4)CC3)CC2)n1. The van der Waals surface area contributed by atoms with Gasteiger partial charge in [0.15, 0.2) is 0 Å². The Morgan fingerprint density at radius 2 is 1.83 bits per heavy atom. The first kappa shape index (κ1) is 25.9. The Morgan fingerprint density at radius 1 is 1.11 bits per heavy atom. The first-order chi connectivity index (χ1) is 17.4. The molecule has 3 amide bonds. The summed E-state index contributed by atoms with van der Waals surface area (Å²) < 4.78 is 4.93. The number of anilines is 1. The number of amides is 3. The third-order valence-corrected chi connectivity index (χ3v) is 7.56. The maximum Gasteiger partial charge on any atom is 0.320 e. The summed E-state index contributed by atoms with van der Waals surface area (Å²) in [6.07, 6.45) is 3.57. The van der Waals surface area contributed by atoms with Gasteiger partial charge in [0.2, 0.25) is 0 Å². The van der Waals surface area contributed by atoms with Crippen LogP contribution >= 0.6 is 11.3 Å². The van der Waals surface area contributed by atoms with Crippen LogP contribution in [0.2, 0.25) is 0 Å². The van der Waals surface area contributed by atoms with Gasteiger partial charge in [-0.1, -0.05) is 6.07 Å². The van der Waals surface area contributed by atoms with Gasteiger partial charge in [0.1, 0.15) is 11.5 Å². The minimum absolute atomic E-state index is 0.101. The maximum absolute atomic E-state index is 13.1. The second kappa shape index (κ2) is 12.2. The number of piperazine rings is 1. The highest BCUT2D eigenvalue weighted by Gasteiger charge is 2.30. The number of piperidine rings is 1. The van der Waals surface area contributed by atoms with E-state index in [9.17, 15) is 14.4 Å². The lowest BCUT2D eigenvalue weighted by molar-refractivity contribution is -0.143. The van der Waals surface area contributed by atoms with Crippen molar-refractivity contribution >= 4 is 35.1 Å². The number of nitrogens with zero attached hydrogens (tertiary/aromatic N) is 5. The number of nitrogens with one attached hydrogen (secondary N) is 1. The Balaban J connectivity index is 1.22. The predicted molar refractivity (Wildman–Crippen MR) is 137 cm³/mol. The Morgan fingerprint density at radius 3 is 2.50 bits per heavy atom. The van der Waals surface area contributed by atoms with Gasteiger partial charge in [-0.05, 0) is 38.8 Å². The van der Waals surface area contributed by atoms with Gasteiger partial charge in [-0.25, -0.2) is 14.8 Å². The van der Waals surface area contributed by atoms with Gasteiger partial charge in [0.05, 0.1) is 18.0 Å². The van der Waals surface area contributed by atoms with Gasteiger partial charge in [0.25, 0.3) is 5.91 Å². The lowest BCUT2D eigenvalue weighted by Crippen LogP contribution is -2.54. The first-order valence-corrected chi connectivity index (χ1v) is 13.4. The molecule has 1 N–H and O–H groups in total. The van der Waals surface area contributed by atoms with Crippen LogP contribution in [0.1, 0.15) is 54.5 Å². The molecule has 0 bridgehead atoms. The summed E-state index contributed by atoms with van der Waals surface area (Å²) in [5.41, 5.74) is 0.370. The number of pyridine rings is 1. The molecule has 36 heavy (non-hydrogen) atoms. The molecule has 2 aromatic rings. The normalized spacial score (nSPS) is 17.6. The fourth-order valence-corrected chi connectivity index (χ4v) is 5.55. The predicted octanol–water partition coefficient (Wildman–Crippen LogP) is 2.73. The van der Waals surface area contributed by atoms with Gasteiger partial charge < -0.3 is 24.8 Å². The number of hydrogen-bond donors (Lipinski definition) is 1. The van der Waals surface area contributed by atoms with E-state index in [4.69, 9.17) is 4.74 Å². The number of urea groups is 1. The molecular weight excluding hydrogens is 480 g/mol. The average molecular weight is 515 g/mol. The number of aromatic nitrogens is 2. The summed E-state index contributed by atoms with van der Waals surface area (Å²) in [7, 11) is 0. The van der Waals surface area contributed by atoms with E-state index in [1.54, 1.807) is 25.4 Å². The zero-order chi connectivity index (χ0) is 25.5. The summed E-state index contributed by atoms with van der Waals surface area (Å²) in [5, 5.41) is 5.50. The molecule has 0 radical (unpaired) electrons. The number of carbonyl (C=O) groups excluding carboxylic acids is 3. The van der Waals surface area contributed by atoms with Gasteiger partial charge >= 0.3 is 12.0 Å². The van der Waals surface area contributed by atoms with Crippen molar-refractivity contribution in [3.8, 4) is 0 Å². The summed E-state index contributed by atoms with van der Waals surface area (Å²) in [5.74, 6) is 0.571. The van der Waals surface area contributed by atoms with Crippen LogP contribution in [-0.4, -0.2) is 89.6 Å². The zero-order valence-corrected chi connectivity index (χ0v) is 21.7. The summed E-state index contributed by atoms with van der Waals surface area (Å²) in [6, 6.07) is 5.66. The lowest BCUT2D eigenvalue weighted by atomic mass is 9.98. The van der Waals surface area contributed by atoms with E-state index in [0.29, 0.717) is 38.5 Å². The molecule has 2 aliphatic heterocycles. The van der Waals surface area contributed by atoms with Crippen LogP contribution in [0.5, 0.6) is 0 Å². The van der Waals surface area contributed by atoms with Crippen molar-refractivity contribution in [1.82, 2.24) is 25.1 Å². The Bertz CT molecular complexity index is 1030. The molecular formula is C25H34N6O4S. The van der Waals surface area contributed by atoms with Gasteiger partial charge in [-0.2, -0.15) is 0 Å². The number of carbonyl (C=O) groups is 3. The lowest BCUT2D eigenvalue weighted by Gasteiger charge is -2.39. The van der Waals surface area contributed by atoms with E-state index < -0.39 is 0 Å². The molecule has 0 aromatic carbocycles. The molecule has 0 spiro atoms. The molecule has 1 atom stereocenters. The molecule has 2 aliphatic rings. The van der Waals surface area contributed by atoms with Crippen LogP contribution in [0, 0.1) is 0 Å². The van der Waals surface area contributed by atoms with E-state index in [0.717, 1.165) is 36.8 Å². The number of esters is 1. The van der Waals surface area contributed by atoms with Crippen LogP contribution in [0.4, 0.5) is 10.6 Å². The van der Waals surface area contributed by atoms with Crippen LogP contribution in [0.3, 0.4) is 0 Å². The second-order valence-corrected chi connectivity index (χ2v) is 10.1. The zero-order valence-electron chi connectivity index (χ0n) is 20.9. The van der Waals surface area contributed by atoms with Crippen molar-refractivity contribution in [3.05, 3.63) is 40.5 Å². The number of hydrogen-bond acceptors (Lipinski definition) is 8. The minimum atomic E-state index is -0.333. The molecule has 1 unspecified atom stereocenters. The van der Waals surface area contributed by atoms with Crippen LogP contribution in [0.25, 0.3) is 0 Å². The highest BCUT2D eigenvalue weighted by Crippen LogP contribution is 2.31. The molecule has 11 heteroatoms. The molecule has 2 saturated heterocycles. The van der Waals surface area contributed by atoms with E-state index in [1.165, 1.54) is 11.3 Å². The molecule has 4 heterocycles. The number of likely N-dealkylation sites (tertiary alicyclic amines) is 1. The summed E-state index contributed by atoms with van der Waals surface area (Å²) >= 11 is 1.48. The molecule has 194 valence electrons. The van der Waals surface area contributed by atoms with Gasteiger partial charge in [-0.3, -0.25) is 9.59 Å². The van der Waals surface area contributed by atoms with Crippen molar-refractivity contribution in [3.63, 3.8) is 0 Å². The molecule has 2 fully saturated rings. The quantitative estimate of drug-likeness (QED) is 0.566. The van der Waals surface area contributed by atoms with Crippen LogP contribution in [0.15, 0.2) is 29.8 Å². The number of rotatable bonds is 7. The van der Waals surface area contributed by atoms with Gasteiger partial charge in [0, 0.05) is 62.8 Å². The summed E-state index contributed by atoms with van der Waals surface area (Å²) in [6.45, 7) is 8.15. The smallest absolute Gasteiger partial charge is 0.320 e. The monoisotopic (exact) mass is 514 g/mol. The fourth-order valence-electron chi connectivity index (χ4n) is 4.58. The number of thiazole rings is 1. The molecule has 0 saturated carbocycles. The third kappa shape index (κ3) is 6.51.